The minimum atomic E-state index is -1.07. The van der Waals surface area contributed by atoms with Crippen molar-refractivity contribution in [2.45, 2.75) is 26.4 Å². The number of carboxylic acid groups (broad SMARTS) is 1. The van der Waals surface area contributed by atoms with E-state index in [1.807, 2.05) is 20.8 Å². The lowest BCUT2D eigenvalue weighted by atomic mass is 10.0. The molecule has 0 spiro atoms. The highest BCUT2D eigenvalue weighted by atomic mass is 16.6. The molecule has 0 saturated carbocycles. The van der Waals surface area contributed by atoms with Crippen molar-refractivity contribution in [3.05, 3.63) is 42.2 Å². The smallest absolute Gasteiger partial charge is 0.410 e. The van der Waals surface area contributed by atoms with Crippen LogP contribution in [0.2, 0.25) is 0 Å². The van der Waals surface area contributed by atoms with Gasteiger partial charge >= 0.3 is 12.1 Å². The average molecular weight is 439 g/mol. The molecule has 1 amide bonds. The molecule has 10 nitrogen and oxygen atoms in total. The summed E-state index contributed by atoms with van der Waals surface area (Å²) in [7, 11) is 0. The van der Waals surface area contributed by atoms with E-state index in [1.165, 1.54) is 6.07 Å². The van der Waals surface area contributed by atoms with E-state index < -0.39 is 17.7 Å². The molecule has 0 radical (unpaired) electrons. The van der Waals surface area contributed by atoms with Crippen LogP contribution in [0, 0.1) is 0 Å². The van der Waals surface area contributed by atoms with Crippen LogP contribution < -0.4 is 10.1 Å². The topological polar surface area (TPSA) is 118 Å². The van der Waals surface area contributed by atoms with E-state index in [2.05, 4.69) is 15.4 Å². The van der Waals surface area contributed by atoms with Gasteiger partial charge in [-0.15, -0.1) is 0 Å². The van der Waals surface area contributed by atoms with Gasteiger partial charge in [0.25, 0.3) is 0 Å². The maximum atomic E-state index is 12.7. The predicted molar refractivity (Wildman–Crippen MR) is 117 cm³/mol. The van der Waals surface area contributed by atoms with Crippen LogP contribution in [0.5, 0.6) is 5.75 Å². The molecule has 1 aromatic carbocycles. The highest BCUT2D eigenvalue weighted by Crippen LogP contribution is 2.29. The van der Waals surface area contributed by atoms with Crippen molar-refractivity contribution in [2.24, 2.45) is 0 Å². The van der Waals surface area contributed by atoms with Crippen LogP contribution in [0.15, 0.2) is 36.7 Å². The molecule has 4 bridgehead atoms. The Bertz CT molecular complexity index is 1170. The Morgan fingerprint density at radius 3 is 2.78 bits per heavy atom. The third kappa shape index (κ3) is 4.74. The lowest BCUT2D eigenvalue weighted by molar-refractivity contribution is 0.0234. The lowest BCUT2D eigenvalue weighted by Crippen LogP contribution is -2.41. The second kappa shape index (κ2) is 8.37. The van der Waals surface area contributed by atoms with Crippen LogP contribution in [0.1, 0.15) is 31.1 Å². The van der Waals surface area contributed by atoms with Gasteiger partial charge in [0, 0.05) is 24.8 Å². The van der Waals surface area contributed by atoms with Gasteiger partial charge in [-0.3, -0.25) is 0 Å². The first kappa shape index (κ1) is 21.4. The summed E-state index contributed by atoms with van der Waals surface area (Å²) >= 11 is 0. The zero-order valence-corrected chi connectivity index (χ0v) is 18.2. The van der Waals surface area contributed by atoms with E-state index in [0.29, 0.717) is 41.4 Å². The summed E-state index contributed by atoms with van der Waals surface area (Å²) in [5, 5.41) is 17.1. The van der Waals surface area contributed by atoms with Crippen LogP contribution in [0.3, 0.4) is 0 Å². The van der Waals surface area contributed by atoms with Gasteiger partial charge in [-0.05, 0) is 50.6 Å². The molecule has 2 aromatic heterocycles. The number of ether oxygens (including phenoxy) is 2. The zero-order valence-electron chi connectivity index (χ0n) is 18.2. The minimum Gasteiger partial charge on any atom is -0.492 e. The molecule has 10 heteroatoms. The van der Waals surface area contributed by atoms with Crippen molar-refractivity contribution in [2.75, 3.05) is 31.6 Å². The molecule has 3 aromatic rings. The monoisotopic (exact) mass is 439 g/mol. The summed E-state index contributed by atoms with van der Waals surface area (Å²) in [5.41, 5.74) is 1.35. The second-order valence-electron chi connectivity index (χ2n) is 8.43. The Morgan fingerprint density at radius 1 is 1.22 bits per heavy atom. The molecule has 0 fully saturated rings. The maximum absolute atomic E-state index is 12.7. The zero-order chi connectivity index (χ0) is 22.9. The molecular weight excluding hydrogens is 414 g/mol. The Kier molecular flexibility index (Phi) is 5.60. The molecule has 0 saturated heterocycles. The molecular formula is C22H25N5O5. The van der Waals surface area contributed by atoms with Gasteiger partial charge in [0.2, 0.25) is 0 Å². The molecule has 0 unspecified atom stereocenters. The Hall–Kier alpha value is -3.82. The van der Waals surface area contributed by atoms with Crippen molar-refractivity contribution in [3.8, 4) is 16.9 Å². The summed E-state index contributed by atoms with van der Waals surface area (Å²) < 4.78 is 13.0. The number of carbonyl (C=O) groups excluding carboxylic acids is 1. The molecule has 168 valence electrons. The largest absolute Gasteiger partial charge is 0.492 e. The number of fused-ring (bicyclic) bond motifs is 4. The summed E-state index contributed by atoms with van der Waals surface area (Å²) in [6.07, 6.45) is 2.97. The number of anilines is 1. The van der Waals surface area contributed by atoms with E-state index in [-0.39, 0.29) is 18.7 Å². The molecule has 4 rings (SSSR count). The summed E-state index contributed by atoms with van der Waals surface area (Å²) in [6, 6.07) is 6.55. The van der Waals surface area contributed by atoms with Gasteiger partial charge in [-0.25, -0.2) is 19.1 Å². The second-order valence-corrected chi connectivity index (χ2v) is 8.43. The van der Waals surface area contributed by atoms with Crippen LogP contribution in [-0.2, 0) is 4.74 Å². The predicted octanol–water partition coefficient (Wildman–Crippen LogP) is 3.14. The third-order valence-electron chi connectivity index (χ3n) is 4.80. The van der Waals surface area contributed by atoms with E-state index >= 15 is 0 Å². The van der Waals surface area contributed by atoms with E-state index in [4.69, 9.17) is 9.47 Å². The lowest BCUT2D eigenvalue weighted by Gasteiger charge is -2.27. The number of aromatic nitrogens is 3. The van der Waals surface area contributed by atoms with Crippen molar-refractivity contribution >= 4 is 23.5 Å². The van der Waals surface area contributed by atoms with Crippen molar-refractivity contribution < 1.29 is 24.2 Å². The van der Waals surface area contributed by atoms with E-state index in [1.54, 1.807) is 40.0 Å². The third-order valence-corrected chi connectivity index (χ3v) is 4.80. The van der Waals surface area contributed by atoms with Gasteiger partial charge in [-0.1, -0.05) is 0 Å². The average Bonchev–Trinajstić information content (AvgIpc) is 3.14. The van der Waals surface area contributed by atoms with Gasteiger partial charge < -0.3 is 24.8 Å². The van der Waals surface area contributed by atoms with Crippen molar-refractivity contribution in [1.82, 2.24) is 19.5 Å². The fraction of sp³-hybridized carbons (Fsp3) is 0.364. The molecule has 32 heavy (non-hydrogen) atoms. The highest BCUT2D eigenvalue weighted by molar-refractivity contribution is 5.91. The maximum Gasteiger partial charge on any atom is 0.410 e. The summed E-state index contributed by atoms with van der Waals surface area (Å²) in [4.78, 5) is 30.5. The first-order valence-corrected chi connectivity index (χ1v) is 10.3. The van der Waals surface area contributed by atoms with Gasteiger partial charge in [0.05, 0.1) is 18.3 Å². The van der Waals surface area contributed by atoms with Gasteiger partial charge in [-0.2, -0.15) is 5.10 Å². The summed E-state index contributed by atoms with van der Waals surface area (Å²) in [5.74, 6) is -0.0685. The number of amides is 1. The molecule has 2 N–H and O–H groups in total. The number of hydrogen-bond acceptors (Lipinski definition) is 7. The highest BCUT2D eigenvalue weighted by Gasteiger charge is 2.22. The first-order valence-electron chi connectivity index (χ1n) is 10.3. The first-order chi connectivity index (χ1) is 15.2. The molecule has 1 aliphatic rings. The number of carboxylic acids is 1. The Balaban J connectivity index is 1.72. The van der Waals surface area contributed by atoms with Crippen molar-refractivity contribution in [3.63, 3.8) is 0 Å². The SMILES string of the molecule is CC(C)(C)OC(=O)N1CCNc2ccn3ncc(c3n2)-c2cc(cc(C(=O)O)c2)OCC1. The van der Waals surface area contributed by atoms with Crippen LogP contribution in [-0.4, -0.2) is 68.5 Å². The quantitative estimate of drug-likeness (QED) is 0.594. The number of nitrogens with zero attached hydrogens (tertiary/aromatic N) is 4. The fourth-order valence-corrected chi connectivity index (χ4v) is 3.35. The van der Waals surface area contributed by atoms with E-state index in [9.17, 15) is 14.7 Å². The number of carbonyl (C=O) groups is 2. The number of aromatic carboxylic acids is 1. The Morgan fingerprint density at radius 2 is 2.03 bits per heavy atom. The molecule has 3 heterocycles. The van der Waals surface area contributed by atoms with E-state index in [0.717, 1.165) is 0 Å². The fourth-order valence-electron chi connectivity index (χ4n) is 3.35. The number of hydrogen-bond donors (Lipinski definition) is 2. The minimum absolute atomic E-state index is 0.0854. The number of rotatable bonds is 1. The number of nitrogens with one attached hydrogen (secondary N) is 1. The molecule has 0 atom stereocenters. The molecule has 1 aliphatic heterocycles. The number of benzene rings is 1. The van der Waals surface area contributed by atoms with Crippen LogP contribution in [0.4, 0.5) is 10.6 Å². The van der Waals surface area contributed by atoms with Gasteiger partial charge in [0.1, 0.15) is 23.8 Å². The Labute approximate surface area is 184 Å². The normalized spacial score (nSPS) is 14.4. The molecule has 0 aliphatic carbocycles. The van der Waals surface area contributed by atoms with Crippen LogP contribution >= 0.6 is 0 Å². The van der Waals surface area contributed by atoms with Gasteiger partial charge in [0.15, 0.2) is 5.65 Å². The summed E-state index contributed by atoms with van der Waals surface area (Å²) in [6.45, 7) is 6.71. The van der Waals surface area contributed by atoms with Crippen LogP contribution in [0.25, 0.3) is 16.8 Å². The standard InChI is InChI=1S/C22H25N5O5/c1-22(2,3)32-21(30)26-7-5-23-18-4-6-27-19(25-18)17(13-24-27)14-10-15(20(28)29)12-16(11-14)31-9-8-26/h4,6,10-13H,5,7-9H2,1-3H3,(H,23,25)(H,28,29). The van der Waals surface area contributed by atoms with Crippen molar-refractivity contribution in [1.29, 1.82) is 0 Å².